The third-order valence-electron chi connectivity index (χ3n) is 2.50. The summed E-state index contributed by atoms with van der Waals surface area (Å²) in [4.78, 5) is 34.0. The van der Waals surface area contributed by atoms with Gasteiger partial charge in [-0.05, 0) is 38.5 Å². The standard InChI is InChI=1S/C15H19NO6/c1-4-20-15(19)16-13(17)9-21-14(18)11(3)22-12-7-5-6-10(2)8-12/h5-8,11H,4,9H2,1-3H3,(H,16,17,19)/t11-/m0/s1. The summed E-state index contributed by atoms with van der Waals surface area (Å²) in [6, 6.07) is 7.19. The molecule has 1 N–H and O–H groups in total. The Morgan fingerprint density at radius 3 is 2.59 bits per heavy atom. The van der Waals surface area contributed by atoms with E-state index in [4.69, 9.17) is 9.47 Å². The first-order valence-corrected chi connectivity index (χ1v) is 6.79. The lowest BCUT2D eigenvalue weighted by Gasteiger charge is -2.14. The molecule has 1 aromatic carbocycles. The first kappa shape index (κ1) is 17.5. The van der Waals surface area contributed by atoms with Crippen LogP contribution in [0, 0.1) is 6.92 Å². The number of aryl methyl sites for hydroxylation is 1. The number of amides is 2. The van der Waals surface area contributed by atoms with Gasteiger partial charge in [-0.1, -0.05) is 12.1 Å². The van der Waals surface area contributed by atoms with Crippen LogP contribution in [-0.2, 0) is 19.1 Å². The van der Waals surface area contributed by atoms with E-state index in [0.717, 1.165) is 5.56 Å². The van der Waals surface area contributed by atoms with E-state index in [2.05, 4.69) is 4.74 Å². The van der Waals surface area contributed by atoms with Gasteiger partial charge in [0.05, 0.1) is 6.61 Å². The lowest BCUT2D eigenvalue weighted by molar-refractivity contribution is -0.154. The molecule has 22 heavy (non-hydrogen) atoms. The van der Waals surface area contributed by atoms with Gasteiger partial charge in [-0.3, -0.25) is 10.1 Å². The topological polar surface area (TPSA) is 90.9 Å². The number of nitrogens with one attached hydrogen (secondary N) is 1. The van der Waals surface area contributed by atoms with Crippen molar-refractivity contribution < 1.29 is 28.6 Å². The van der Waals surface area contributed by atoms with E-state index in [-0.39, 0.29) is 6.61 Å². The molecule has 0 saturated heterocycles. The predicted molar refractivity (Wildman–Crippen MR) is 77.4 cm³/mol. The Kier molecular flexibility index (Phi) is 6.88. The maximum atomic E-state index is 11.7. The largest absolute Gasteiger partial charge is 0.479 e. The molecule has 0 aliphatic heterocycles. The number of carbonyl (C=O) groups excluding carboxylic acids is 3. The maximum absolute atomic E-state index is 11.7. The molecule has 0 saturated carbocycles. The minimum Gasteiger partial charge on any atom is -0.479 e. The molecule has 1 rings (SSSR count). The van der Waals surface area contributed by atoms with Crippen LogP contribution in [0.25, 0.3) is 0 Å². The number of carbonyl (C=O) groups is 3. The van der Waals surface area contributed by atoms with E-state index in [0.29, 0.717) is 5.75 Å². The van der Waals surface area contributed by atoms with Crippen molar-refractivity contribution in [2.75, 3.05) is 13.2 Å². The van der Waals surface area contributed by atoms with Gasteiger partial charge < -0.3 is 14.2 Å². The zero-order chi connectivity index (χ0) is 16.5. The summed E-state index contributed by atoms with van der Waals surface area (Å²) in [5, 5.41) is 1.91. The molecule has 0 radical (unpaired) electrons. The van der Waals surface area contributed by atoms with Gasteiger partial charge in [0.15, 0.2) is 12.7 Å². The van der Waals surface area contributed by atoms with Crippen LogP contribution in [0.15, 0.2) is 24.3 Å². The minimum absolute atomic E-state index is 0.139. The van der Waals surface area contributed by atoms with Crippen molar-refractivity contribution in [3.8, 4) is 5.75 Å². The van der Waals surface area contributed by atoms with Gasteiger partial charge in [0.25, 0.3) is 5.91 Å². The summed E-state index contributed by atoms with van der Waals surface area (Å²) in [5.41, 5.74) is 0.992. The zero-order valence-corrected chi connectivity index (χ0v) is 12.8. The number of alkyl carbamates (subject to hydrolysis) is 1. The van der Waals surface area contributed by atoms with Crippen molar-refractivity contribution in [1.82, 2.24) is 5.32 Å². The SMILES string of the molecule is CCOC(=O)NC(=O)COC(=O)[C@H](C)Oc1cccc(C)c1. The number of imide groups is 1. The minimum atomic E-state index is -0.882. The molecule has 0 aromatic heterocycles. The Morgan fingerprint density at radius 1 is 1.23 bits per heavy atom. The van der Waals surface area contributed by atoms with E-state index >= 15 is 0 Å². The summed E-state index contributed by atoms with van der Waals surface area (Å²) in [7, 11) is 0. The fourth-order valence-electron chi connectivity index (χ4n) is 1.51. The van der Waals surface area contributed by atoms with Gasteiger partial charge in [0.1, 0.15) is 5.75 Å². The molecule has 7 heteroatoms. The molecule has 0 aliphatic rings. The summed E-state index contributed by atoms with van der Waals surface area (Å²) in [6.07, 6.45) is -1.76. The van der Waals surface area contributed by atoms with Crippen LogP contribution in [0.4, 0.5) is 4.79 Å². The highest BCUT2D eigenvalue weighted by atomic mass is 16.6. The molecule has 1 aromatic rings. The Labute approximate surface area is 128 Å². The van der Waals surface area contributed by atoms with E-state index in [1.54, 1.807) is 25.1 Å². The molecule has 0 bridgehead atoms. The maximum Gasteiger partial charge on any atom is 0.413 e. The first-order chi connectivity index (χ1) is 10.4. The summed E-state index contributed by atoms with van der Waals surface area (Å²) in [6.45, 7) is 4.57. The van der Waals surface area contributed by atoms with Crippen molar-refractivity contribution in [3.63, 3.8) is 0 Å². The summed E-state index contributed by atoms with van der Waals surface area (Å²) in [5.74, 6) is -0.949. The van der Waals surface area contributed by atoms with E-state index in [9.17, 15) is 14.4 Å². The summed E-state index contributed by atoms with van der Waals surface area (Å²) < 4.78 is 14.7. The van der Waals surface area contributed by atoms with E-state index < -0.39 is 30.7 Å². The van der Waals surface area contributed by atoms with Crippen LogP contribution in [0.2, 0.25) is 0 Å². The molecular weight excluding hydrogens is 290 g/mol. The predicted octanol–water partition coefficient (Wildman–Crippen LogP) is 1.58. The third kappa shape index (κ3) is 6.25. The van der Waals surface area contributed by atoms with Crippen LogP contribution in [0.5, 0.6) is 5.75 Å². The third-order valence-corrected chi connectivity index (χ3v) is 2.50. The quantitative estimate of drug-likeness (QED) is 0.802. The van der Waals surface area contributed by atoms with Crippen LogP contribution < -0.4 is 10.1 Å². The molecule has 0 spiro atoms. The highest BCUT2D eigenvalue weighted by Gasteiger charge is 2.18. The van der Waals surface area contributed by atoms with Crippen LogP contribution in [-0.4, -0.2) is 37.3 Å². The second-order valence-corrected chi connectivity index (χ2v) is 4.45. The normalized spacial score (nSPS) is 11.2. The fourth-order valence-corrected chi connectivity index (χ4v) is 1.51. The summed E-state index contributed by atoms with van der Waals surface area (Å²) >= 11 is 0. The number of esters is 1. The Balaban J connectivity index is 2.38. The van der Waals surface area contributed by atoms with E-state index in [1.807, 2.05) is 18.3 Å². The number of rotatable bonds is 6. The Morgan fingerprint density at radius 2 is 1.95 bits per heavy atom. The molecule has 120 valence electrons. The smallest absolute Gasteiger partial charge is 0.413 e. The Bertz CT molecular complexity index is 543. The lowest BCUT2D eigenvalue weighted by atomic mass is 10.2. The van der Waals surface area contributed by atoms with Gasteiger partial charge in [0.2, 0.25) is 0 Å². The number of ether oxygens (including phenoxy) is 3. The average molecular weight is 309 g/mol. The average Bonchev–Trinajstić information content (AvgIpc) is 2.44. The monoisotopic (exact) mass is 309 g/mol. The van der Waals surface area contributed by atoms with Crippen LogP contribution >= 0.6 is 0 Å². The highest BCUT2D eigenvalue weighted by molar-refractivity contribution is 5.93. The lowest BCUT2D eigenvalue weighted by Crippen LogP contribution is -2.36. The molecule has 0 aliphatic carbocycles. The van der Waals surface area contributed by atoms with Crippen molar-refractivity contribution in [3.05, 3.63) is 29.8 Å². The van der Waals surface area contributed by atoms with Crippen molar-refractivity contribution >= 4 is 18.0 Å². The van der Waals surface area contributed by atoms with Crippen LogP contribution in [0.1, 0.15) is 19.4 Å². The zero-order valence-electron chi connectivity index (χ0n) is 12.8. The van der Waals surface area contributed by atoms with Crippen LogP contribution in [0.3, 0.4) is 0 Å². The molecule has 1 atom stereocenters. The molecular formula is C15H19NO6. The van der Waals surface area contributed by atoms with Crippen molar-refractivity contribution in [2.45, 2.75) is 26.9 Å². The Hall–Kier alpha value is -2.57. The van der Waals surface area contributed by atoms with Gasteiger partial charge in [-0.2, -0.15) is 0 Å². The van der Waals surface area contributed by atoms with Crippen molar-refractivity contribution in [2.24, 2.45) is 0 Å². The highest BCUT2D eigenvalue weighted by Crippen LogP contribution is 2.14. The van der Waals surface area contributed by atoms with Gasteiger partial charge in [-0.15, -0.1) is 0 Å². The second-order valence-electron chi connectivity index (χ2n) is 4.45. The van der Waals surface area contributed by atoms with Gasteiger partial charge >= 0.3 is 12.1 Å². The van der Waals surface area contributed by atoms with E-state index in [1.165, 1.54) is 6.92 Å². The first-order valence-electron chi connectivity index (χ1n) is 6.79. The molecule has 0 heterocycles. The number of hydrogen-bond donors (Lipinski definition) is 1. The number of hydrogen-bond acceptors (Lipinski definition) is 6. The molecule has 0 unspecified atom stereocenters. The molecule has 0 fully saturated rings. The van der Waals surface area contributed by atoms with Gasteiger partial charge in [-0.25, -0.2) is 9.59 Å². The number of benzene rings is 1. The van der Waals surface area contributed by atoms with Gasteiger partial charge in [0, 0.05) is 0 Å². The molecule has 2 amide bonds. The molecule has 7 nitrogen and oxygen atoms in total. The second kappa shape index (κ2) is 8.66. The fraction of sp³-hybridized carbons (Fsp3) is 0.400. The van der Waals surface area contributed by atoms with Crippen molar-refractivity contribution in [1.29, 1.82) is 0 Å².